The molecule has 0 aliphatic rings. The molecule has 0 aliphatic carbocycles. The second kappa shape index (κ2) is 5.08. The third kappa shape index (κ3) is 3.48. The largest absolute Gasteiger partial charge is 0.305 e. The van der Waals surface area contributed by atoms with E-state index in [0.29, 0.717) is 0 Å². The molecular weight excluding hydrogens is 186 g/mol. The topological polar surface area (TPSA) is 20.3 Å². The maximum absolute atomic E-state index is 11.7. The Hall–Kier alpha value is -1.15. The van der Waals surface area contributed by atoms with E-state index in [2.05, 4.69) is 4.90 Å². The summed E-state index contributed by atoms with van der Waals surface area (Å²) in [5.41, 5.74) is 2.05. The van der Waals surface area contributed by atoms with Crippen LogP contribution in [0.1, 0.15) is 29.8 Å². The molecule has 0 spiro atoms. The second-order valence-corrected chi connectivity index (χ2v) is 4.45. The summed E-state index contributed by atoms with van der Waals surface area (Å²) in [5.74, 6) is 0.288. The van der Waals surface area contributed by atoms with Crippen molar-refractivity contribution < 1.29 is 4.79 Å². The van der Waals surface area contributed by atoms with Crippen molar-refractivity contribution in [3.8, 4) is 0 Å². The van der Waals surface area contributed by atoms with Crippen LogP contribution < -0.4 is 0 Å². The first-order valence-corrected chi connectivity index (χ1v) is 5.28. The van der Waals surface area contributed by atoms with Crippen molar-refractivity contribution in [2.24, 2.45) is 5.92 Å². The van der Waals surface area contributed by atoms with Gasteiger partial charge in [0, 0.05) is 18.0 Å². The highest BCUT2D eigenvalue weighted by Crippen LogP contribution is 2.10. The van der Waals surface area contributed by atoms with Crippen LogP contribution in [0.5, 0.6) is 0 Å². The lowest BCUT2D eigenvalue weighted by Crippen LogP contribution is -2.11. The Kier molecular flexibility index (Phi) is 4.04. The maximum Gasteiger partial charge on any atom is 0.165 e. The average Bonchev–Trinajstić information content (AvgIpc) is 2.17. The van der Waals surface area contributed by atoms with Crippen LogP contribution in [-0.2, 0) is 6.54 Å². The molecule has 2 nitrogen and oxygen atoms in total. The zero-order chi connectivity index (χ0) is 11.4. The molecule has 0 saturated heterocycles. The summed E-state index contributed by atoms with van der Waals surface area (Å²) < 4.78 is 0. The van der Waals surface area contributed by atoms with Crippen LogP contribution in [0.25, 0.3) is 0 Å². The quantitative estimate of drug-likeness (QED) is 0.704. The predicted octanol–water partition coefficient (Wildman–Crippen LogP) is 2.59. The molecule has 0 aromatic heterocycles. The fraction of sp³-hybridized carbons (Fsp3) is 0.462. The number of carbonyl (C=O) groups excluding carboxylic acids is 1. The number of hydrogen-bond donors (Lipinski definition) is 0. The highest BCUT2D eigenvalue weighted by atomic mass is 16.1. The summed E-state index contributed by atoms with van der Waals surface area (Å²) in [6.07, 6.45) is 0. The van der Waals surface area contributed by atoms with Crippen molar-refractivity contribution in [2.45, 2.75) is 20.4 Å². The molecule has 2 heteroatoms. The zero-order valence-corrected chi connectivity index (χ0v) is 9.95. The zero-order valence-electron chi connectivity index (χ0n) is 9.95. The summed E-state index contributed by atoms with van der Waals surface area (Å²) in [6, 6.07) is 7.88. The Morgan fingerprint density at radius 1 is 1.20 bits per heavy atom. The van der Waals surface area contributed by atoms with Crippen molar-refractivity contribution in [3.05, 3.63) is 35.4 Å². The van der Waals surface area contributed by atoms with E-state index in [1.165, 1.54) is 5.56 Å². The molecule has 15 heavy (non-hydrogen) atoms. The van der Waals surface area contributed by atoms with E-state index in [4.69, 9.17) is 0 Å². The van der Waals surface area contributed by atoms with E-state index in [0.717, 1.165) is 12.1 Å². The van der Waals surface area contributed by atoms with Gasteiger partial charge in [0.2, 0.25) is 0 Å². The standard InChI is InChI=1S/C13H19NO/c1-10(2)13(15)12-7-5-11(6-8-12)9-14(3)4/h5-8,10H,9H2,1-4H3. The number of hydrogen-bond acceptors (Lipinski definition) is 2. The lowest BCUT2D eigenvalue weighted by molar-refractivity contribution is 0.0939. The lowest BCUT2D eigenvalue weighted by atomic mass is 10.00. The van der Waals surface area contributed by atoms with Crippen molar-refractivity contribution in [2.75, 3.05) is 14.1 Å². The number of nitrogens with zero attached hydrogens (tertiary/aromatic N) is 1. The van der Waals surface area contributed by atoms with E-state index in [1.54, 1.807) is 0 Å². The smallest absolute Gasteiger partial charge is 0.165 e. The van der Waals surface area contributed by atoms with Gasteiger partial charge in [-0.05, 0) is 19.7 Å². The van der Waals surface area contributed by atoms with Crippen LogP contribution in [0.2, 0.25) is 0 Å². The van der Waals surface area contributed by atoms with Crippen molar-refractivity contribution in [1.82, 2.24) is 4.90 Å². The summed E-state index contributed by atoms with van der Waals surface area (Å²) in [4.78, 5) is 13.8. The Morgan fingerprint density at radius 2 is 1.73 bits per heavy atom. The highest BCUT2D eigenvalue weighted by molar-refractivity contribution is 5.97. The fourth-order valence-electron chi connectivity index (χ4n) is 1.47. The molecule has 0 aliphatic heterocycles. The van der Waals surface area contributed by atoms with Gasteiger partial charge in [0.25, 0.3) is 0 Å². The molecule has 1 aromatic carbocycles. The molecule has 82 valence electrons. The third-order valence-corrected chi connectivity index (χ3v) is 2.26. The van der Waals surface area contributed by atoms with Crippen LogP contribution in [0.3, 0.4) is 0 Å². The van der Waals surface area contributed by atoms with Gasteiger partial charge in [-0.15, -0.1) is 0 Å². The summed E-state index contributed by atoms with van der Waals surface area (Å²) >= 11 is 0. The van der Waals surface area contributed by atoms with Crippen molar-refractivity contribution in [1.29, 1.82) is 0 Å². The first-order valence-electron chi connectivity index (χ1n) is 5.28. The SMILES string of the molecule is CC(C)C(=O)c1ccc(CN(C)C)cc1. The molecule has 0 fully saturated rings. The maximum atomic E-state index is 11.7. The van der Waals surface area contributed by atoms with Crippen LogP contribution in [0, 0.1) is 5.92 Å². The number of benzene rings is 1. The van der Waals surface area contributed by atoms with Crippen molar-refractivity contribution >= 4 is 5.78 Å². The minimum Gasteiger partial charge on any atom is -0.305 e. The van der Waals surface area contributed by atoms with Gasteiger partial charge in [-0.3, -0.25) is 4.79 Å². The summed E-state index contributed by atoms with van der Waals surface area (Å²) in [6.45, 7) is 4.77. The molecule has 0 bridgehead atoms. The number of rotatable bonds is 4. The summed E-state index contributed by atoms with van der Waals surface area (Å²) in [7, 11) is 4.07. The van der Waals surface area contributed by atoms with Gasteiger partial charge >= 0.3 is 0 Å². The first-order chi connectivity index (χ1) is 7.00. The number of ketones is 1. The van der Waals surface area contributed by atoms with Gasteiger partial charge in [0.05, 0.1) is 0 Å². The van der Waals surface area contributed by atoms with Crippen LogP contribution in [0.15, 0.2) is 24.3 Å². The Morgan fingerprint density at radius 3 is 2.13 bits per heavy atom. The van der Waals surface area contributed by atoms with E-state index < -0.39 is 0 Å². The van der Waals surface area contributed by atoms with Gasteiger partial charge in [-0.25, -0.2) is 0 Å². The van der Waals surface area contributed by atoms with E-state index in [-0.39, 0.29) is 11.7 Å². The third-order valence-electron chi connectivity index (χ3n) is 2.26. The normalized spacial score (nSPS) is 11.1. The minimum atomic E-state index is 0.0738. The minimum absolute atomic E-state index is 0.0738. The Balaban J connectivity index is 2.76. The van der Waals surface area contributed by atoms with Crippen LogP contribution in [-0.4, -0.2) is 24.8 Å². The first kappa shape index (κ1) is 11.9. The molecule has 0 amide bonds. The number of carbonyl (C=O) groups is 1. The molecule has 1 aromatic rings. The molecular formula is C13H19NO. The second-order valence-electron chi connectivity index (χ2n) is 4.45. The Labute approximate surface area is 91.9 Å². The Bertz CT molecular complexity index is 325. The summed E-state index contributed by atoms with van der Waals surface area (Å²) in [5, 5.41) is 0. The van der Waals surface area contributed by atoms with Crippen LogP contribution in [0.4, 0.5) is 0 Å². The number of Topliss-reactive ketones (excluding diaryl/α,β-unsaturated/α-hetero) is 1. The molecule has 0 atom stereocenters. The molecule has 0 radical (unpaired) electrons. The monoisotopic (exact) mass is 205 g/mol. The molecule has 1 rings (SSSR count). The van der Waals surface area contributed by atoms with Gasteiger partial charge in [-0.1, -0.05) is 38.1 Å². The lowest BCUT2D eigenvalue weighted by Gasteiger charge is -2.10. The van der Waals surface area contributed by atoms with Crippen molar-refractivity contribution in [3.63, 3.8) is 0 Å². The van der Waals surface area contributed by atoms with Gasteiger partial charge in [0.15, 0.2) is 5.78 Å². The fourth-order valence-corrected chi connectivity index (χ4v) is 1.47. The van der Waals surface area contributed by atoms with E-state index in [9.17, 15) is 4.79 Å². The van der Waals surface area contributed by atoms with Gasteiger partial charge < -0.3 is 4.90 Å². The average molecular weight is 205 g/mol. The molecule has 0 N–H and O–H groups in total. The molecule has 0 unspecified atom stereocenters. The van der Waals surface area contributed by atoms with Gasteiger partial charge in [0.1, 0.15) is 0 Å². The predicted molar refractivity (Wildman–Crippen MR) is 63.0 cm³/mol. The van der Waals surface area contributed by atoms with E-state index >= 15 is 0 Å². The highest BCUT2D eigenvalue weighted by Gasteiger charge is 2.09. The molecule has 0 saturated carbocycles. The van der Waals surface area contributed by atoms with Gasteiger partial charge in [-0.2, -0.15) is 0 Å². The van der Waals surface area contributed by atoms with E-state index in [1.807, 2.05) is 52.2 Å². The molecule has 0 heterocycles. The van der Waals surface area contributed by atoms with Crippen LogP contribution >= 0.6 is 0 Å².